The van der Waals surface area contributed by atoms with Crippen LogP contribution in [0.2, 0.25) is 0 Å². The maximum absolute atomic E-state index is 13.1. The predicted molar refractivity (Wildman–Crippen MR) is 111 cm³/mol. The van der Waals surface area contributed by atoms with E-state index < -0.39 is 0 Å². The minimum atomic E-state index is -0.0925. The molecule has 0 saturated heterocycles. The Hall–Kier alpha value is -3.46. The van der Waals surface area contributed by atoms with Crippen molar-refractivity contribution >= 4 is 0 Å². The topological polar surface area (TPSA) is 45.8 Å². The highest BCUT2D eigenvalue weighted by Crippen LogP contribution is 2.31. The van der Waals surface area contributed by atoms with Crippen molar-refractivity contribution in [3.05, 3.63) is 101 Å². The first-order chi connectivity index (χ1) is 13.3. The predicted octanol–water partition coefficient (Wildman–Crippen LogP) is 5.33. The average molecular weight is 352 g/mol. The van der Waals surface area contributed by atoms with Crippen LogP contribution in [-0.2, 0) is 6.42 Å². The van der Waals surface area contributed by atoms with E-state index in [2.05, 4.69) is 47.2 Å². The van der Waals surface area contributed by atoms with Crippen LogP contribution in [0, 0.1) is 0 Å². The molecule has 4 aromatic rings. The SMILES string of the molecule is CCc1ccc(-c2cc(-c3ccncc3)c(-c3ccccc3)c(=O)[nH]2)cc1. The summed E-state index contributed by atoms with van der Waals surface area (Å²) in [5, 5.41) is 0. The minimum absolute atomic E-state index is 0.0925. The summed E-state index contributed by atoms with van der Waals surface area (Å²) >= 11 is 0. The number of rotatable bonds is 4. The maximum Gasteiger partial charge on any atom is 0.256 e. The molecule has 3 heteroatoms. The molecule has 0 radical (unpaired) electrons. The molecule has 132 valence electrons. The van der Waals surface area contributed by atoms with Gasteiger partial charge < -0.3 is 4.98 Å². The van der Waals surface area contributed by atoms with Crippen LogP contribution in [0.4, 0.5) is 0 Å². The van der Waals surface area contributed by atoms with Gasteiger partial charge in [-0.05, 0) is 52.4 Å². The van der Waals surface area contributed by atoms with E-state index >= 15 is 0 Å². The van der Waals surface area contributed by atoms with Gasteiger partial charge in [0, 0.05) is 18.1 Å². The van der Waals surface area contributed by atoms with Crippen molar-refractivity contribution in [2.75, 3.05) is 0 Å². The molecule has 2 aromatic heterocycles. The molecular formula is C24H20N2O. The zero-order valence-electron chi connectivity index (χ0n) is 15.1. The summed E-state index contributed by atoms with van der Waals surface area (Å²) < 4.78 is 0. The van der Waals surface area contributed by atoms with Gasteiger partial charge in [0.25, 0.3) is 5.56 Å². The third kappa shape index (κ3) is 3.44. The Morgan fingerprint density at radius 1 is 0.815 bits per heavy atom. The van der Waals surface area contributed by atoms with Gasteiger partial charge in [0.05, 0.1) is 5.56 Å². The summed E-state index contributed by atoms with van der Waals surface area (Å²) in [6, 6.07) is 24.0. The number of aryl methyl sites for hydroxylation is 1. The van der Waals surface area contributed by atoms with Crippen LogP contribution in [0.15, 0.2) is 90.0 Å². The lowest BCUT2D eigenvalue weighted by atomic mass is 9.94. The first-order valence-electron chi connectivity index (χ1n) is 9.08. The Labute approximate surface area is 158 Å². The largest absolute Gasteiger partial charge is 0.321 e. The highest BCUT2D eigenvalue weighted by Gasteiger charge is 2.14. The third-order valence-electron chi connectivity index (χ3n) is 4.76. The van der Waals surface area contributed by atoms with E-state index in [4.69, 9.17) is 0 Å². The fourth-order valence-electron chi connectivity index (χ4n) is 3.29. The quantitative estimate of drug-likeness (QED) is 0.539. The number of benzene rings is 2. The van der Waals surface area contributed by atoms with E-state index in [-0.39, 0.29) is 5.56 Å². The fourth-order valence-corrected chi connectivity index (χ4v) is 3.29. The summed E-state index contributed by atoms with van der Waals surface area (Å²) in [5.41, 5.74) is 6.45. The van der Waals surface area contributed by atoms with Crippen LogP contribution in [0.25, 0.3) is 33.5 Å². The van der Waals surface area contributed by atoms with Crippen LogP contribution < -0.4 is 5.56 Å². The monoisotopic (exact) mass is 352 g/mol. The molecule has 3 nitrogen and oxygen atoms in total. The minimum Gasteiger partial charge on any atom is -0.321 e. The van der Waals surface area contributed by atoms with Gasteiger partial charge in [-0.1, -0.05) is 61.5 Å². The van der Waals surface area contributed by atoms with Crippen molar-refractivity contribution in [1.82, 2.24) is 9.97 Å². The Kier molecular flexibility index (Phi) is 4.67. The van der Waals surface area contributed by atoms with Crippen LogP contribution >= 0.6 is 0 Å². The number of hydrogen-bond donors (Lipinski definition) is 1. The van der Waals surface area contributed by atoms with Crippen molar-refractivity contribution in [3.8, 4) is 33.5 Å². The summed E-state index contributed by atoms with van der Waals surface area (Å²) in [5.74, 6) is 0. The zero-order valence-corrected chi connectivity index (χ0v) is 15.1. The normalized spacial score (nSPS) is 10.7. The molecule has 0 aliphatic carbocycles. The first kappa shape index (κ1) is 17.0. The second-order valence-electron chi connectivity index (χ2n) is 6.45. The van der Waals surface area contributed by atoms with E-state index in [1.54, 1.807) is 12.4 Å². The molecule has 0 spiro atoms. The van der Waals surface area contributed by atoms with Crippen molar-refractivity contribution in [2.24, 2.45) is 0 Å². The van der Waals surface area contributed by atoms with Crippen molar-refractivity contribution < 1.29 is 0 Å². The molecule has 0 aliphatic heterocycles. The van der Waals surface area contributed by atoms with Gasteiger partial charge in [-0.2, -0.15) is 0 Å². The molecule has 0 bridgehead atoms. The third-order valence-corrected chi connectivity index (χ3v) is 4.76. The standard InChI is InChI=1S/C24H20N2O/c1-2-17-8-10-19(11-9-17)22-16-21(18-12-14-25-15-13-18)23(24(27)26-22)20-6-4-3-5-7-20/h3-16H,2H2,1H3,(H,26,27). The zero-order chi connectivity index (χ0) is 18.6. The number of aromatic amines is 1. The molecule has 0 atom stereocenters. The van der Waals surface area contributed by atoms with Gasteiger partial charge in [0.15, 0.2) is 0 Å². The van der Waals surface area contributed by atoms with E-state index in [1.165, 1.54) is 5.56 Å². The molecule has 0 aliphatic rings. The van der Waals surface area contributed by atoms with Crippen LogP contribution in [0.3, 0.4) is 0 Å². The number of nitrogens with zero attached hydrogens (tertiary/aromatic N) is 1. The Bertz CT molecular complexity index is 1100. The van der Waals surface area contributed by atoms with Crippen molar-refractivity contribution in [2.45, 2.75) is 13.3 Å². The molecule has 0 amide bonds. The fraction of sp³-hybridized carbons (Fsp3) is 0.0833. The van der Waals surface area contributed by atoms with Crippen LogP contribution in [0.5, 0.6) is 0 Å². The lowest BCUT2D eigenvalue weighted by Gasteiger charge is -2.12. The van der Waals surface area contributed by atoms with E-state index in [0.29, 0.717) is 5.56 Å². The van der Waals surface area contributed by atoms with Crippen molar-refractivity contribution in [3.63, 3.8) is 0 Å². The summed E-state index contributed by atoms with van der Waals surface area (Å²) in [7, 11) is 0. The van der Waals surface area contributed by atoms with Gasteiger partial charge in [0.1, 0.15) is 0 Å². The molecule has 1 N–H and O–H groups in total. The van der Waals surface area contributed by atoms with E-state index in [0.717, 1.165) is 34.4 Å². The number of nitrogens with one attached hydrogen (secondary N) is 1. The van der Waals surface area contributed by atoms with Crippen LogP contribution in [-0.4, -0.2) is 9.97 Å². The van der Waals surface area contributed by atoms with Gasteiger partial charge >= 0.3 is 0 Å². The van der Waals surface area contributed by atoms with Crippen LogP contribution in [0.1, 0.15) is 12.5 Å². The first-order valence-corrected chi connectivity index (χ1v) is 9.08. The maximum atomic E-state index is 13.1. The average Bonchev–Trinajstić information content (AvgIpc) is 2.74. The van der Waals surface area contributed by atoms with Crippen molar-refractivity contribution in [1.29, 1.82) is 0 Å². The molecular weight excluding hydrogens is 332 g/mol. The summed E-state index contributed by atoms with van der Waals surface area (Å²) in [4.78, 5) is 20.2. The highest BCUT2D eigenvalue weighted by atomic mass is 16.1. The van der Waals surface area contributed by atoms with Gasteiger partial charge in [-0.25, -0.2) is 0 Å². The number of pyridine rings is 2. The molecule has 4 rings (SSSR count). The number of H-pyrrole nitrogens is 1. The lowest BCUT2D eigenvalue weighted by molar-refractivity contribution is 1.14. The molecule has 2 aromatic carbocycles. The molecule has 27 heavy (non-hydrogen) atoms. The molecule has 0 saturated carbocycles. The molecule has 0 unspecified atom stereocenters. The Morgan fingerprint density at radius 2 is 1.52 bits per heavy atom. The summed E-state index contributed by atoms with van der Waals surface area (Å²) in [6.07, 6.45) is 4.49. The molecule has 0 fully saturated rings. The molecule has 2 heterocycles. The summed E-state index contributed by atoms with van der Waals surface area (Å²) in [6.45, 7) is 2.13. The van der Waals surface area contributed by atoms with Gasteiger partial charge in [-0.3, -0.25) is 9.78 Å². The lowest BCUT2D eigenvalue weighted by Crippen LogP contribution is -2.11. The van der Waals surface area contributed by atoms with E-state index in [9.17, 15) is 4.79 Å². The number of hydrogen-bond acceptors (Lipinski definition) is 2. The Morgan fingerprint density at radius 3 is 2.19 bits per heavy atom. The van der Waals surface area contributed by atoms with Gasteiger partial charge in [0.2, 0.25) is 0 Å². The second kappa shape index (κ2) is 7.42. The number of aromatic nitrogens is 2. The second-order valence-corrected chi connectivity index (χ2v) is 6.45. The van der Waals surface area contributed by atoms with Gasteiger partial charge in [-0.15, -0.1) is 0 Å². The smallest absolute Gasteiger partial charge is 0.256 e. The highest BCUT2D eigenvalue weighted by molar-refractivity contribution is 5.85. The Balaban J connectivity index is 1.94. The van der Waals surface area contributed by atoms with E-state index in [1.807, 2.05) is 42.5 Å².